The van der Waals surface area contributed by atoms with Crippen LogP contribution in [0.15, 0.2) is 48.5 Å². The molecule has 152 valence electrons. The number of ether oxygens (including phenoxy) is 1. The summed E-state index contributed by atoms with van der Waals surface area (Å²) in [4.78, 5) is 14.0. The van der Waals surface area contributed by atoms with Gasteiger partial charge in [0.25, 0.3) is 5.91 Å². The molecule has 1 aliphatic carbocycles. The Morgan fingerprint density at radius 3 is 2.67 bits per heavy atom. The monoisotopic (exact) mass is 436 g/mol. The smallest absolute Gasteiger partial charge is 0.256 e. The van der Waals surface area contributed by atoms with Crippen molar-refractivity contribution in [2.45, 2.75) is 32.8 Å². The van der Waals surface area contributed by atoms with Gasteiger partial charge in [-0.15, -0.1) is 11.3 Å². The molecule has 0 radical (unpaired) electrons. The van der Waals surface area contributed by atoms with Crippen molar-refractivity contribution in [3.63, 3.8) is 0 Å². The van der Waals surface area contributed by atoms with E-state index in [1.807, 2.05) is 24.3 Å². The van der Waals surface area contributed by atoms with Gasteiger partial charge in [-0.25, -0.2) is 0 Å². The van der Waals surface area contributed by atoms with Gasteiger partial charge in [-0.05, 0) is 72.7 Å². The van der Waals surface area contributed by atoms with Crippen LogP contribution in [0.5, 0.6) is 5.75 Å². The molecule has 1 aliphatic rings. The zero-order valence-electron chi connectivity index (χ0n) is 16.6. The maximum atomic E-state index is 12.7. The fourth-order valence-electron chi connectivity index (χ4n) is 3.58. The Morgan fingerprint density at radius 1 is 1.23 bits per heavy atom. The summed E-state index contributed by atoms with van der Waals surface area (Å²) in [5.41, 5.74) is 3.25. The molecule has 4 nitrogen and oxygen atoms in total. The summed E-state index contributed by atoms with van der Waals surface area (Å²) in [6.45, 7) is 2.63. The standard InChI is InChI=1S/C24H21ClN2O2S/c1-15-2-11-20-21(13-26)24(30-22(20)12-15)27-23(28)17-5-3-16(4-6-17)14-29-19-9-7-18(25)8-10-19/h3-10,15H,2,11-12,14H2,1H3,(H,27,28). The molecule has 2 aromatic carbocycles. The second-order valence-electron chi connectivity index (χ2n) is 7.56. The average Bonchev–Trinajstić information content (AvgIpc) is 3.09. The van der Waals surface area contributed by atoms with Crippen LogP contribution in [-0.4, -0.2) is 5.91 Å². The molecule has 0 saturated heterocycles. The fraction of sp³-hybridized carbons (Fsp3) is 0.250. The number of hydrogen-bond donors (Lipinski definition) is 1. The van der Waals surface area contributed by atoms with Crippen LogP contribution in [0.3, 0.4) is 0 Å². The van der Waals surface area contributed by atoms with Gasteiger partial charge in [0.05, 0.1) is 5.56 Å². The Bertz CT molecular complexity index is 1100. The number of carbonyl (C=O) groups is 1. The van der Waals surface area contributed by atoms with E-state index in [0.29, 0.717) is 33.7 Å². The Hall–Kier alpha value is -2.81. The molecule has 1 atom stereocenters. The molecule has 1 heterocycles. The van der Waals surface area contributed by atoms with Gasteiger partial charge in [-0.2, -0.15) is 5.26 Å². The minimum Gasteiger partial charge on any atom is -0.489 e. The first kappa shape index (κ1) is 20.5. The number of thiophene rings is 1. The highest BCUT2D eigenvalue weighted by Crippen LogP contribution is 2.39. The van der Waals surface area contributed by atoms with E-state index in [0.717, 1.165) is 36.1 Å². The van der Waals surface area contributed by atoms with Gasteiger partial charge < -0.3 is 10.1 Å². The molecule has 1 aromatic heterocycles. The summed E-state index contributed by atoms with van der Waals surface area (Å²) in [7, 11) is 0. The number of carbonyl (C=O) groups excluding carboxylic acids is 1. The molecule has 0 aliphatic heterocycles. The fourth-order valence-corrected chi connectivity index (χ4v) is 5.06. The number of nitrogens with zero attached hydrogens (tertiary/aromatic N) is 1. The van der Waals surface area contributed by atoms with Gasteiger partial charge in [-0.3, -0.25) is 4.79 Å². The topological polar surface area (TPSA) is 62.1 Å². The molecule has 0 bridgehead atoms. The number of amides is 1. The average molecular weight is 437 g/mol. The maximum Gasteiger partial charge on any atom is 0.256 e. The van der Waals surface area contributed by atoms with Crippen LogP contribution in [0.4, 0.5) is 5.00 Å². The maximum absolute atomic E-state index is 12.7. The second-order valence-corrected chi connectivity index (χ2v) is 9.10. The first-order valence-electron chi connectivity index (χ1n) is 9.87. The minimum atomic E-state index is -0.205. The van der Waals surface area contributed by atoms with Gasteiger partial charge in [0.1, 0.15) is 23.4 Å². The predicted octanol–water partition coefficient (Wildman–Crippen LogP) is 6.23. The van der Waals surface area contributed by atoms with Crippen LogP contribution in [0.1, 0.15) is 45.3 Å². The molecule has 6 heteroatoms. The van der Waals surface area contributed by atoms with E-state index in [9.17, 15) is 10.1 Å². The molecule has 0 saturated carbocycles. The van der Waals surface area contributed by atoms with Gasteiger partial charge >= 0.3 is 0 Å². The highest BCUT2D eigenvalue weighted by Gasteiger charge is 2.24. The first-order chi connectivity index (χ1) is 14.5. The third kappa shape index (κ3) is 4.51. The summed E-state index contributed by atoms with van der Waals surface area (Å²) >= 11 is 7.42. The van der Waals surface area contributed by atoms with E-state index in [-0.39, 0.29) is 5.91 Å². The summed E-state index contributed by atoms with van der Waals surface area (Å²) in [5.74, 6) is 1.15. The molecular formula is C24H21ClN2O2S. The SMILES string of the molecule is CC1CCc2c(sc(NC(=O)c3ccc(COc4ccc(Cl)cc4)cc3)c2C#N)C1. The van der Waals surface area contributed by atoms with Gasteiger partial charge in [-0.1, -0.05) is 30.7 Å². The van der Waals surface area contributed by atoms with E-state index in [1.54, 1.807) is 24.3 Å². The molecule has 0 fully saturated rings. The molecule has 1 amide bonds. The third-order valence-electron chi connectivity index (χ3n) is 5.29. The summed E-state index contributed by atoms with van der Waals surface area (Å²) in [5, 5.41) is 13.9. The van der Waals surface area contributed by atoms with Crippen LogP contribution in [0, 0.1) is 17.2 Å². The Kier molecular flexibility index (Phi) is 6.08. The number of anilines is 1. The van der Waals surface area contributed by atoms with Crippen LogP contribution in [0.25, 0.3) is 0 Å². The van der Waals surface area contributed by atoms with Crippen molar-refractivity contribution in [1.82, 2.24) is 0 Å². The highest BCUT2D eigenvalue weighted by molar-refractivity contribution is 7.16. The van der Waals surface area contributed by atoms with E-state index < -0.39 is 0 Å². The number of fused-ring (bicyclic) bond motifs is 1. The normalized spacial score (nSPS) is 15.2. The molecule has 0 spiro atoms. The van der Waals surface area contributed by atoms with E-state index in [2.05, 4.69) is 18.3 Å². The Balaban J connectivity index is 1.42. The first-order valence-corrected chi connectivity index (χ1v) is 11.1. The van der Waals surface area contributed by atoms with Crippen molar-refractivity contribution in [3.8, 4) is 11.8 Å². The lowest BCUT2D eigenvalue weighted by atomic mass is 9.88. The molecule has 4 rings (SSSR count). The number of rotatable bonds is 5. The number of nitrogens with one attached hydrogen (secondary N) is 1. The number of halogens is 1. The number of hydrogen-bond acceptors (Lipinski definition) is 4. The third-order valence-corrected chi connectivity index (χ3v) is 6.71. The zero-order chi connectivity index (χ0) is 21.1. The second kappa shape index (κ2) is 8.91. The van der Waals surface area contributed by atoms with Gasteiger partial charge in [0.2, 0.25) is 0 Å². The van der Waals surface area contributed by atoms with Crippen LogP contribution >= 0.6 is 22.9 Å². The molecule has 1 unspecified atom stereocenters. The number of nitriles is 1. The minimum absolute atomic E-state index is 0.205. The van der Waals surface area contributed by atoms with Crippen molar-refractivity contribution in [2.24, 2.45) is 5.92 Å². The molecule has 3 aromatic rings. The van der Waals surface area contributed by atoms with Crippen LogP contribution in [-0.2, 0) is 19.4 Å². The summed E-state index contributed by atoms with van der Waals surface area (Å²) in [6.07, 6.45) is 2.98. The summed E-state index contributed by atoms with van der Waals surface area (Å²) in [6, 6.07) is 16.8. The van der Waals surface area contributed by atoms with Crippen molar-refractivity contribution in [2.75, 3.05) is 5.32 Å². The van der Waals surface area contributed by atoms with Crippen LogP contribution < -0.4 is 10.1 Å². The van der Waals surface area contributed by atoms with E-state index >= 15 is 0 Å². The van der Waals surface area contributed by atoms with E-state index in [4.69, 9.17) is 16.3 Å². The quantitative estimate of drug-likeness (QED) is 0.515. The van der Waals surface area contributed by atoms with Crippen molar-refractivity contribution in [1.29, 1.82) is 5.26 Å². The predicted molar refractivity (Wildman–Crippen MR) is 120 cm³/mol. The lowest BCUT2D eigenvalue weighted by Crippen LogP contribution is -2.12. The van der Waals surface area contributed by atoms with Crippen molar-refractivity contribution in [3.05, 3.63) is 80.7 Å². The summed E-state index contributed by atoms with van der Waals surface area (Å²) < 4.78 is 5.73. The van der Waals surface area contributed by atoms with Crippen LogP contribution in [0.2, 0.25) is 5.02 Å². The van der Waals surface area contributed by atoms with Gasteiger partial charge in [0, 0.05) is 15.5 Å². The van der Waals surface area contributed by atoms with E-state index in [1.165, 1.54) is 16.2 Å². The lowest BCUT2D eigenvalue weighted by molar-refractivity contribution is 0.102. The van der Waals surface area contributed by atoms with Crippen molar-refractivity contribution < 1.29 is 9.53 Å². The Labute approximate surface area is 185 Å². The Morgan fingerprint density at radius 2 is 1.97 bits per heavy atom. The molecule has 1 N–H and O–H groups in total. The molecular weight excluding hydrogens is 416 g/mol. The highest BCUT2D eigenvalue weighted by atomic mass is 35.5. The zero-order valence-corrected chi connectivity index (χ0v) is 18.1. The lowest BCUT2D eigenvalue weighted by Gasteiger charge is -2.17. The largest absolute Gasteiger partial charge is 0.489 e. The van der Waals surface area contributed by atoms with Gasteiger partial charge in [0.15, 0.2) is 0 Å². The molecule has 30 heavy (non-hydrogen) atoms. The number of benzene rings is 2. The van der Waals surface area contributed by atoms with Crippen molar-refractivity contribution >= 4 is 33.8 Å².